The number of nitrogens with one attached hydrogen (secondary N) is 2. The van der Waals surface area contributed by atoms with E-state index in [1.54, 1.807) is 30.3 Å². The van der Waals surface area contributed by atoms with Gasteiger partial charge in [-0.1, -0.05) is 78.9 Å². The predicted octanol–water partition coefficient (Wildman–Crippen LogP) is 6.58. The first-order valence-electron chi connectivity index (χ1n) is 12.4. The number of fused-ring (bicyclic) bond motifs is 3. The SMILES string of the molecule is O=C(N[C@@H](Cc1ccccc1)NC(=O)Oc1c(F)c(F)c(F)c(F)c1F)OCC1c2ccccc2-c2ccccc21. The fourth-order valence-corrected chi connectivity index (χ4v) is 4.71. The molecule has 11 heteroatoms. The summed E-state index contributed by atoms with van der Waals surface area (Å²) >= 11 is 0. The monoisotopic (exact) mass is 568 g/mol. The molecule has 4 aromatic rings. The van der Waals surface area contributed by atoms with Crippen LogP contribution < -0.4 is 15.4 Å². The van der Waals surface area contributed by atoms with Crippen molar-refractivity contribution in [1.29, 1.82) is 0 Å². The summed E-state index contributed by atoms with van der Waals surface area (Å²) in [6, 6.07) is 23.9. The van der Waals surface area contributed by atoms with E-state index in [1.807, 2.05) is 48.5 Å². The Hall–Kier alpha value is -4.93. The second-order valence-corrected chi connectivity index (χ2v) is 9.15. The van der Waals surface area contributed by atoms with Gasteiger partial charge in [0, 0.05) is 12.3 Å². The van der Waals surface area contributed by atoms with Gasteiger partial charge < -0.3 is 20.1 Å². The minimum Gasteiger partial charge on any atom is -0.449 e. The van der Waals surface area contributed by atoms with Crippen LogP contribution in [0.5, 0.6) is 5.75 Å². The van der Waals surface area contributed by atoms with Crippen LogP contribution in [0.2, 0.25) is 0 Å². The maximum Gasteiger partial charge on any atom is 0.414 e. The number of hydrogen-bond acceptors (Lipinski definition) is 4. The zero-order chi connectivity index (χ0) is 29.1. The van der Waals surface area contributed by atoms with Gasteiger partial charge in [-0.15, -0.1) is 0 Å². The second-order valence-electron chi connectivity index (χ2n) is 9.15. The molecule has 0 bridgehead atoms. The van der Waals surface area contributed by atoms with Gasteiger partial charge in [-0.2, -0.15) is 8.78 Å². The molecule has 2 amide bonds. The topological polar surface area (TPSA) is 76.7 Å². The molecule has 0 heterocycles. The van der Waals surface area contributed by atoms with Gasteiger partial charge in [-0.05, 0) is 27.8 Å². The van der Waals surface area contributed by atoms with Crippen LogP contribution in [0.15, 0.2) is 78.9 Å². The van der Waals surface area contributed by atoms with E-state index in [4.69, 9.17) is 4.74 Å². The van der Waals surface area contributed by atoms with Crippen molar-refractivity contribution in [2.24, 2.45) is 0 Å². The Morgan fingerprint density at radius 2 is 1.15 bits per heavy atom. The lowest BCUT2D eigenvalue weighted by Gasteiger charge is -2.21. The van der Waals surface area contributed by atoms with E-state index in [2.05, 4.69) is 15.4 Å². The van der Waals surface area contributed by atoms with Crippen molar-refractivity contribution in [3.8, 4) is 16.9 Å². The summed E-state index contributed by atoms with van der Waals surface area (Å²) in [6.07, 6.45) is -3.78. The second kappa shape index (κ2) is 11.7. The summed E-state index contributed by atoms with van der Waals surface area (Å²) in [5.74, 6) is -13.6. The lowest BCUT2D eigenvalue weighted by atomic mass is 9.98. The van der Waals surface area contributed by atoms with Gasteiger partial charge in [0.15, 0.2) is 0 Å². The van der Waals surface area contributed by atoms with E-state index in [1.165, 1.54) is 0 Å². The maximum absolute atomic E-state index is 14.0. The van der Waals surface area contributed by atoms with Crippen molar-refractivity contribution in [2.45, 2.75) is 18.5 Å². The number of benzene rings is 4. The molecule has 1 atom stereocenters. The van der Waals surface area contributed by atoms with Gasteiger partial charge in [0.05, 0.1) is 0 Å². The van der Waals surface area contributed by atoms with Crippen LogP contribution in [0.4, 0.5) is 31.5 Å². The molecule has 41 heavy (non-hydrogen) atoms. The third-order valence-electron chi connectivity index (χ3n) is 6.57. The van der Waals surface area contributed by atoms with Crippen molar-refractivity contribution in [2.75, 3.05) is 6.61 Å². The molecule has 0 saturated carbocycles. The molecule has 0 spiro atoms. The van der Waals surface area contributed by atoms with E-state index in [0.29, 0.717) is 5.56 Å². The molecule has 1 aliphatic rings. The molecule has 6 nitrogen and oxygen atoms in total. The molecule has 4 aromatic carbocycles. The third kappa shape index (κ3) is 5.69. The van der Waals surface area contributed by atoms with E-state index in [0.717, 1.165) is 22.3 Å². The van der Waals surface area contributed by atoms with E-state index in [-0.39, 0.29) is 18.9 Å². The van der Waals surface area contributed by atoms with Crippen LogP contribution in [0, 0.1) is 29.1 Å². The summed E-state index contributed by atoms with van der Waals surface area (Å²) in [4.78, 5) is 25.3. The van der Waals surface area contributed by atoms with Crippen LogP contribution in [0.3, 0.4) is 0 Å². The number of ether oxygens (including phenoxy) is 2. The summed E-state index contributed by atoms with van der Waals surface area (Å²) in [7, 11) is 0. The van der Waals surface area contributed by atoms with Crippen molar-refractivity contribution >= 4 is 12.2 Å². The quantitative estimate of drug-likeness (QED) is 0.114. The molecule has 0 saturated heterocycles. The summed E-state index contributed by atoms with van der Waals surface area (Å²) in [6.45, 7) is -0.0348. The minimum absolute atomic E-state index is 0.0305. The molecule has 5 rings (SSSR count). The third-order valence-corrected chi connectivity index (χ3v) is 6.57. The normalized spacial score (nSPS) is 12.7. The van der Waals surface area contributed by atoms with Crippen molar-refractivity contribution in [3.05, 3.63) is 125 Å². The average molecular weight is 568 g/mol. The molecule has 0 radical (unpaired) electrons. The van der Waals surface area contributed by atoms with Crippen LogP contribution in [0.25, 0.3) is 11.1 Å². The van der Waals surface area contributed by atoms with Crippen molar-refractivity contribution in [1.82, 2.24) is 10.6 Å². The summed E-state index contributed by atoms with van der Waals surface area (Å²) in [5.41, 5.74) is 4.64. The molecule has 0 fully saturated rings. The highest BCUT2D eigenvalue weighted by Crippen LogP contribution is 2.44. The maximum atomic E-state index is 14.0. The Morgan fingerprint density at radius 1 is 0.659 bits per heavy atom. The first kappa shape index (κ1) is 27.6. The smallest absolute Gasteiger partial charge is 0.414 e. The first-order valence-corrected chi connectivity index (χ1v) is 12.4. The zero-order valence-corrected chi connectivity index (χ0v) is 21.1. The van der Waals surface area contributed by atoms with Gasteiger partial charge in [0.25, 0.3) is 0 Å². The van der Waals surface area contributed by atoms with Gasteiger partial charge in [0.1, 0.15) is 12.8 Å². The number of carbonyl (C=O) groups is 2. The average Bonchev–Trinajstić information content (AvgIpc) is 3.30. The molecule has 1 aliphatic carbocycles. The first-order chi connectivity index (χ1) is 19.7. The number of alkyl carbamates (subject to hydrolysis) is 1. The highest BCUT2D eigenvalue weighted by atomic mass is 19.2. The standard InChI is InChI=1S/C30H21F5N2O4/c31-23-24(32)26(34)28(27(35)25(23)33)41-30(39)37-22(14-16-8-2-1-3-9-16)36-29(38)40-15-21-19-12-6-4-10-17(19)18-11-5-7-13-20(18)21/h1-13,21-22H,14-15H2,(H,36,38)(H,37,39)/t22-/m1/s1. The Kier molecular flexibility index (Phi) is 7.86. The number of rotatable bonds is 7. The lowest BCUT2D eigenvalue weighted by Crippen LogP contribution is -2.50. The Balaban J connectivity index is 1.29. The fraction of sp³-hybridized carbons (Fsp3) is 0.133. The van der Waals surface area contributed by atoms with Crippen LogP contribution >= 0.6 is 0 Å². The van der Waals surface area contributed by atoms with Gasteiger partial charge >= 0.3 is 12.2 Å². The zero-order valence-electron chi connectivity index (χ0n) is 21.1. The largest absolute Gasteiger partial charge is 0.449 e. The molecule has 2 N–H and O–H groups in total. The van der Waals surface area contributed by atoms with Gasteiger partial charge in [-0.25, -0.2) is 22.8 Å². The molecule has 0 aliphatic heterocycles. The van der Waals surface area contributed by atoms with Crippen LogP contribution in [-0.2, 0) is 11.2 Å². The minimum atomic E-state index is -2.40. The molecular formula is C30H21F5N2O4. The molecular weight excluding hydrogens is 547 g/mol. The fourth-order valence-electron chi connectivity index (χ4n) is 4.71. The van der Waals surface area contributed by atoms with E-state index < -0.39 is 53.2 Å². The Labute approximate surface area is 230 Å². The molecule has 0 aromatic heterocycles. The summed E-state index contributed by atoms with van der Waals surface area (Å²) < 4.78 is 78.3. The highest BCUT2D eigenvalue weighted by molar-refractivity contribution is 5.79. The van der Waals surface area contributed by atoms with E-state index >= 15 is 0 Å². The van der Waals surface area contributed by atoms with Crippen LogP contribution in [-0.4, -0.2) is 25.0 Å². The predicted molar refractivity (Wildman–Crippen MR) is 138 cm³/mol. The van der Waals surface area contributed by atoms with Gasteiger partial charge in [-0.3, -0.25) is 0 Å². The van der Waals surface area contributed by atoms with Crippen molar-refractivity contribution < 1.29 is 41.0 Å². The van der Waals surface area contributed by atoms with Crippen LogP contribution in [0.1, 0.15) is 22.6 Å². The lowest BCUT2D eigenvalue weighted by molar-refractivity contribution is 0.135. The molecule has 0 unspecified atom stereocenters. The van der Waals surface area contributed by atoms with E-state index in [9.17, 15) is 31.5 Å². The van der Waals surface area contributed by atoms with Crippen molar-refractivity contribution in [3.63, 3.8) is 0 Å². The number of amides is 2. The Morgan fingerprint density at radius 3 is 1.73 bits per heavy atom. The van der Waals surface area contributed by atoms with Gasteiger partial charge in [0.2, 0.25) is 34.8 Å². The number of halogens is 5. The highest BCUT2D eigenvalue weighted by Gasteiger charge is 2.31. The number of carbonyl (C=O) groups excluding carboxylic acids is 2. The Bertz CT molecular complexity index is 1540. The number of hydrogen-bond donors (Lipinski definition) is 2. The summed E-state index contributed by atoms with van der Waals surface area (Å²) in [5, 5.41) is 4.61. The molecule has 210 valence electrons.